The van der Waals surface area contributed by atoms with E-state index in [1.165, 1.54) is 16.7 Å². The molecular weight excluding hydrogens is 306 g/mol. The minimum absolute atomic E-state index is 0.0345. The van der Waals surface area contributed by atoms with Crippen molar-refractivity contribution in [2.45, 2.75) is 40.5 Å². The zero-order valence-electron chi connectivity index (χ0n) is 14.2. The van der Waals surface area contributed by atoms with E-state index in [4.69, 9.17) is 11.6 Å². The van der Waals surface area contributed by atoms with E-state index in [0.717, 1.165) is 17.7 Å². The van der Waals surface area contributed by atoms with Crippen LogP contribution in [0, 0.1) is 26.7 Å². The van der Waals surface area contributed by atoms with Crippen molar-refractivity contribution in [2.75, 3.05) is 5.32 Å². The molecule has 0 saturated carbocycles. The van der Waals surface area contributed by atoms with E-state index < -0.39 is 0 Å². The average Bonchev–Trinajstić information content (AvgIpc) is 2.42. The average molecular weight is 330 g/mol. The number of hydrogen-bond donors (Lipinski definition) is 1. The summed E-state index contributed by atoms with van der Waals surface area (Å²) < 4.78 is 0. The van der Waals surface area contributed by atoms with Crippen molar-refractivity contribution in [1.29, 1.82) is 0 Å². The molecule has 2 aromatic rings. The van der Waals surface area contributed by atoms with Gasteiger partial charge in [0, 0.05) is 17.1 Å². The first-order valence-electron chi connectivity index (χ1n) is 7.97. The van der Waals surface area contributed by atoms with Crippen molar-refractivity contribution in [3.8, 4) is 0 Å². The van der Waals surface area contributed by atoms with E-state index in [2.05, 4.69) is 44.3 Å². The van der Waals surface area contributed by atoms with E-state index in [-0.39, 0.29) is 11.8 Å². The van der Waals surface area contributed by atoms with Crippen molar-refractivity contribution in [3.05, 3.63) is 63.7 Å². The highest BCUT2D eigenvalue weighted by atomic mass is 35.5. The first-order valence-corrected chi connectivity index (χ1v) is 8.35. The Hall–Kier alpha value is -1.80. The Morgan fingerprint density at radius 3 is 2.43 bits per heavy atom. The topological polar surface area (TPSA) is 29.1 Å². The number of nitrogens with one attached hydrogen (secondary N) is 1. The standard InChI is InChI=1S/C20H24ClNO/c1-13-8-14(2)10-17(9-13)11-15(3)12-20(23)22-19-7-5-6-18(21)16(19)4/h5-10,15H,11-12H2,1-4H3,(H,22,23)/t15-/m1/s1. The molecule has 2 nitrogen and oxygen atoms in total. The van der Waals surface area contributed by atoms with Gasteiger partial charge in [0.1, 0.15) is 0 Å². The second-order valence-electron chi connectivity index (χ2n) is 6.47. The third-order valence-corrected chi connectivity index (χ3v) is 4.35. The predicted molar refractivity (Wildman–Crippen MR) is 98.2 cm³/mol. The zero-order chi connectivity index (χ0) is 17.0. The fourth-order valence-electron chi connectivity index (χ4n) is 2.92. The van der Waals surface area contributed by atoms with Crippen LogP contribution in [-0.4, -0.2) is 5.91 Å². The second-order valence-corrected chi connectivity index (χ2v) is 6.88. The van der Waals surface area contributed by atoms with Crippen LogP contribution in [0.1, 0.15) is 35.6 Å². The lowest BCUT2D eigenvalue weighted by Gasteiger charge is -2.14. The zero-order valence-corrected chi connectivity index (χ0v) is 15.0. The van der Waals surface area contributed by atoms with E-state index in [1.807, 2.05) is 25.1 Å². The molecule has 122 valence electrons. The van der Waals surface area contributed by atoms with E-state index in [0.29, 0.717) is 11.4 Å². The molecule has 1 N–H and O–H groups in total. The molecule has 0 aliphatic rings. The van der Waals surface area contributed by atoms with Gasteiger partial charge in [0.15, 0.2) is 0 Å². The molecule has 0 aliphatic heterocycles. The molecule has 1 atom stereocenters. The molecule has 0 saturated heterocycles. The molecule has 1 amide bonds. The smallest absolute Gasteiger partial charge is 0.224 e. The third-order valence-electron chi connectivity index (χ3n) is 3.94. The SMILES string of the molecule is Cc1cc(C)cc(C[C@@H](C)CC(=O)Nc2cccc(Cl)c2C)c1. The normalized spacial score (nSPS) is 12.0. The van der Waals surface area contributed by atoms with Gasteiger partial charge in [-0.1, -0.05) is 53.9 Å². The summed E-state index contributed by atoms with van der Waals surface area (Å²) in [5.41, 5.74) is 5.53. The fraction of sp³-hybridized carbons (Fsp3) is 0.350. The Morgan fingerprint density at radius 2 is 1.78 bits per heavy atom. The summed E-state index contributed by atoms with van der Waals surface area (Å²) in [6, 6.07) is 12.1. The number of carbonyl (C=O) groups excluding carboxylic acids is 1. The monoisotopic (exact) mass is 329 g/mol. The molecule has 2 aromatic carbocycles. The Labute approximate surface area is 143 Å². The molecular formula is C20H24ClNO. The summed E-state index contributed by atoms with van der Waals surface area (Å²) in [6.45, 7) is 8.24. The molecule has 0 spiro atoms. The molecule has 0 aliphatic carbocycles. The van der Waals surface area contributed by atoms with Gasteiger partial charge in [-0.15, -0.1) is 0 Å². The van der Waals surface area contributed by atoms with Crippen LogP contribution < -0.4 is 5.32 Å². The van der Waals surface area contributed by atoms with Gasteiger partial charge in [0.05, 0.1) is 0 Å². The molecule has 0 unspecified atom stereocenters. The van der Waals surface area contributed by atoms with E-state index >= 15 is 0 Å². The summed E-state index contributed by atoms with van der Waals surface area (Å²) >= 11 is 6.09. The van der Waals surface area contributed by atoms with Gasteiger partial charge in [-0.3, -0.25) is 4.79 Å². The Kier molecular flexibility index (Phi) is 5.84. The lowest BCUT2D eigenvalue weighted by atomic mass is 9.95. The van der Waals surface area contributed by atoms with Gasteiger partial charge in [-0.05, 0) is 56.4 Å². The van der Waals surface area contributed by atoms with Gasteiger partial charge in [0.25, 0.3) is 0 Å². The van der Waals surface area contributed by atoms with Gasteiger partial charge in [-0.25, -0.2) is 0 Å². The number of amides is 1. The largest absolute Gasteiger partial charge is 0.326 e. The Morgan fingerprint density at radius 1 is 1.13 bits per heavy atom. The third kappa shape index (κ3) is 5.11. The summed E-state index contributed by atoms with van der Waals surface area (Å²) in [7, 11) is 0. The summed E-state index contributed by atoms with van der Waals surface area (Å²) in [5.74, 6) is 0.322. The van der Waals surface area contributed by atoms with E-state index in [1.54, 1.807) is 0 Å². The van der Waals surface area contributed by atoms with Crippen LogP contribution in [0.5, 0.6) is 0 Å². The Balaban J connectivity index is 1.95. The van der Waals surface area contributed by atoms with Crippen LogP contribution in [0.3, 0.4) is 0 Å². The number of carbonyl (C=O) groups is 1. The van der Waals surface area contributed by atoms with Crippen molar-refractivity contribution in [2.24, 2.45) is 5.92 Å². The van der Waals surface area contributed by atoms with Gasteiger partial charge in [0.2, 0.25) is 5.91 Å². The maximum atomic E-state index is 12.3. The first kappa shape index (κ1) is 17.6. The lowest BCUT2D eigenvalue weighted by Crippen LogP contribution is -2.17. The van der Waals surface area contributed by atoms with Crippen LogP contribution in [0.15, 0.2) is 36.4 Å². The molecule has 2 rings (SSSR count). The Bertz CT molecular complexity index is 689. The number of benzene rings is 2. The number of halogens is 1. The first-order chi connectivity index (χ1) is 10.8. The van der Waals surface area contributed by atoms with Crippen LogP contribution in [-0.2, 0) is 11.2 Å². The van der Waals surface area contributed by atoms with Crippen molar-refractivity contribution in [3.63, 3.8) is 0 Å². The lowest BCUT2D eigenvalue weighted by molar-refractivity contribution is -0.116. The number of rotatable bonds is 5. The summed E-state index contributed by atoms with van der Waals surface area (Å²) in [4.78, 5) is 12.3. The molecule has 0 aromatic heterocycles. The van der Waals surface area contributed by atoms with Crippen molar-refractivity contribution >= 4 is 23.2 Å². The number of anilines is 1. The maximum Gasteiger partial charge on any atom is 0.224 e. The second kappa shape index (κ2) is 7.65. The number of hydrogen-bond acceptors (Lipinski definition) is 1. The van der Waals surface area contributed by atoms with Crippen LogP contribution in [0.25, 0.3) is 0 Å². The van der Waals surface area contributed by atoms with Gasteiger partial charge in [-0.2, -0.15) is 0 Å². The van der Waals surface area contributed by atoms with Crippen LogP contribution in [0.4, 0.5) is 5.69 Å². The molecule has 0 radical (unpaired) electrons. The highest BCUT2D eigenvalue weighted by molar-refractivity contribution is 6.31. The fourth-order valence-corrected chi connectivity index (χ4v) is 3.10. The van der Waals surface area contributed by atoms with Gasteiger partial charge >= 0.3 is 0 Å². The molecule has 0 heterocycles. The molecule has 0 fully saturated rings. The van der Waals surface area contributed by atoms with Crippen molar-refractivity contribution < 1.29 is 4.79 Å². The summed E-state index contributed by atoms with van der Waals surface area (Å²) in [6.07, 6.45) is 1.41. The quantitative estimate of drug-likeness (QED) is 0.774. The van der Waals surface area contributed by atoms with E-state index in [9.17, 15) is 4.79 Å². The minimum atomic E-state index is 0.0345. The van der Waals surface area contributed by atoms with Crippen LogP contribution in [0.2, 0.25) is 5.02 Å². The number of aryl methyl sites for hydroxylation is 2. The highest BCUT2D eigenvalue weighted by Gasteiger charge is 2.12. The van der Waals surface area contributed by atoms with Crippen molar-refractivity contribution in [1.82, 2.24) is 0 Å². The molecule has 0 bridgehead atoms. The van der Waals surface area contributed by atoms with Gasteiger partial charge < -0.3 is 5.32 Å². The highest BCUT2D eigenvalue weighted by Crippen LogP contribution is 2.23. The predicted octanol–water partition coefficient (Wildman–Crippen LogP) is 5.47. The maximum absolute atomic E-state index is 12.3. The molecule has 23 heavy (non-hydrogen) atoms. The van der Waals surface area contributed by atoms with Crippen LogP contribution >= 0.6 is 11.6 Å². The summed E-state index contributed by atoms with van der Waals surface area (Å²) in [5, 5.41) is 3.64. The minimum Gasteiger partial charge on any atom is -0.326 e. The molecule has 3 heteroatoms.